The highest BCUT2D eigenvalue weighted by Crippen LogP contribution is 2.31. The van der Waals surface area contributed by atoms with E-state index in [0.717, 1.165) is 18.3 Å². The van der Waals surface area contributed by atoms with Crippen molar-refractivity contribution in [3.8, 4) is 0 Å². The Labute approximate surface area is 192 Å². The minimum absolute atomic E-state index is 0.124. The molecule has 0 unspecified atom stereocenters. The highest BCUT2D eigenvalue weighted by Gasteiger charge is 2.30. The molecule has 1 saturated heterocycles. The fourth-order valence-electron chi connectivity index (χ4n) is 3.28. The van der Waals surface area contributed by atoms with Gasteiger partial charge in [-0.05, 0) is 37.3 Å². The molecule has 0 saturated carbocycles. The van der Waals surface area contributed by atoms with Gasteiger partial charge in [0.25, 0.3) is 0 Å². The standard InChI is InChI=1S/C22H21F4N7O/c1-14-19(30-16-4-2-3-15(11-16)22(24,25)26)6-5-17(29-14)12-28-32-21-27-13-18(23)20(31-21)33-7-9-34-10-8-33/h2-6,11-13,30H,7-10H2,1H3,(H,27,31,32)/b28-12+. The van der Waals surface area contributed by atoms with E-state index >= 15 is 0 Å². The lowest BCUT2D eigenvalue weighted by Crippen LogP contribution is -2.37. The van der Waals surface area contributed by atoms with Gasteiger partial charge in [-0.3, -0.25) is 0 Å². The van der Waals surface area contributed by atoms with Gasteiger partial charge in [-0.1, -0.05) is 6.07 Å². The highest BCUT2D eigenvalue weighted by atomic mass is 19.4. The topological polar surface area (TPSA) is 87.6 Å². The second-order valence-electron chi connectivity index (χ2n) is 7.41. The van der Waals surface area contributed by atoms with Crippen LogP contribution in [0.1, 0.15) is 17.0 Å². The number of pyridine rings is 1. The van der Waals surface area contributed by atoms with Gasteiger partial charge in [0.1, 0.15) is 0 Å². The second kappa shape index (κ2) is 10.00. The third kappa shape index (κ3) is 5.76. The first-order chi connectivity index (χ1) is 16.3. The summed E-state index contributed by atoms with van der Waals surface area (Å²) in [5.41, 5.74) is 3.83. The summed E-state index contributed by atoms with van der Waals surface area (Å²) >= 11 is 0. The third-order valence-corrected chi connectivity index (χ3v) is 4.97. The number of benzene rings is 1. The SMILES string of the molecule is Cc1nc(/C=N/Nc2ncc(F)c(N3CCOCC3)n2)ccc1Nc1cccc(C(F)(F)F)c1. The maximum absolute atomic E-state index is 14.1. The van der Waals surface area contributed by atoms with Crippen molar-refractivity contribution in [2.45, 2.75) is 13.1 Å². The van der Waals surface area contributed by atoms with E-state index in [-0.39, 0.29) is 11.8 Å². The molecule has 12 heteroatoms. The molecule has 0 amide bonds. The zero-order valence-corrected chi connectivity index (χ0v) is 18.1. The molecule has 0 bridgehead atoms. The van der Waals surface area contributed by atoms with Gasteiger partial charge in [-0.15, -0.1) is 0 Å². The van der Waals surface area contributed by atoms with Gasteiger partial charge in [0.2, 0.25) is 5.95 Å². The molecule has 0 spiro atoms. The number of anilines is 4. The van der Waals surface area contributed by atoms with Crippen LogP contribution in [0.2, 0.25) is 0 Å². The normalized spacial score (nSPS) is 14.4. The fourth-order valence-corrected chi connectivity index (χ4v) is 3.28. The number of aromatic nitrogens is 3. The summed E-state index contributed by atoms with van der Waals surface area (Å²) in [6, 6.07) is 8.27. The van der Waals surface area contributed by atoms with E-state index in [4.69, 9.17) is 4.74 Å². The van der Waals surface area contributed by atoms with Crippen molar-refractivity contribution in [2.75, 3.05) is 41.9 Å². The van der Waals surface area contributed by atoms with E-state index in [0.29, 0.717) is 49.1 Å². The molecular formula is C22H21F4N7O. The van der Waals surface area contributed by atoms with Crippen LogP contribution in [0.15, 0.2) is 47.7 Å². The number of nitrogens with one attached hydrogen (secondary N) is 2. The Morgan fingerprint density at radius 1 is 1.12 bits per heavy atom. The predicted octanol–water partition coefficient (Wildman–Crippen LogP) is 4.36. The van der Waals surface area contributed by atoms with E-state index in [9.17, 15) is 17.6 Å². The lowest BCUT2D eigenvalue weighted by Gasteiger charge is -2.27. The van der Waals surface area contributed by atoms with Gasteiger partial charge in [0, 0.05) is 18.8 Å². The average Bonchev–Trinajstić information content (AvgIpc) is 2.82. The van der Waals surface area contributed by atoms with Gasteiger partial charge < -0.3 is 15.0 Å². The minimum atomic E-state index is -4.42. The number of morpholine rings is 1. The van der Waals surface area contributed by atoms with Crippen LogP contribution in [0.25, 0.3) is 0 Å². The summed E-state index contributed by atoms with van der Waals surface area (Å²) in [5, 5.41) is 6.99. The molecule has 0 radical (unpaired) electrons. The van der Waals surface area contributed by atoms with E-state index in [2.05, 4.69) is 30.8 Å². The van der Waals surface area contributed by atoms with Crippen LogP contribution >= 0.6 is 0 Å². The largest absolute Gasteiger partial charge is 0.416 e. The summed E-state index contributed by atoms with van der Waals surface area (Å²) in [5.74, 6) is -0.230. The van der Waals surface area contributed by atoms with Crippen molar-refractivity contribution < 1.29 is 22.3 Å². The van der Waals surface area contributed by atoms with Crippen LogP contribution < -0.4 is 15.6 Å². The number of ether oxygens (including phenoxy) is 1. The van der Waals surface area contributed by atoms with Crippen LogP contribution in [0.3, 0.4) is 0 Å². The van der Waals surface area contributed by atoms with Crippen molar-refractivity contribution in [1.29, 1.82) is 0 Å². The number of alkyl halides is 3. The number of aryl methyl sites for hydroxylation is 1. The smallest absolute Gasteiger partial charge is 0.378 e. The Morgan fingerprint density at radius 3 is 2.65 bits per heavy atom. The average molecular weight is 475 g/mol. The van der Waals surface area contributed by atoms with E-state index in [1.807, 2.05) is 0 Å². The zero-order chi connectivity index (χ0) is 24.1. The second-order valence-corrected chi connectivity index (χ2v) is 7.41. The van der Waals surface area contributed by atoms with Crippen molar-refractivity contribution >= 4 is 29.4 Å². The molecule has 178 valence electrons. The molecule has 1 aromatic carbocycles. The lowest BCUT2D eigenvalue weighted by atomic mass is 10.2. The molecule has 2 aromatic heterocycles. The Hall–Kier alpha value is -3.80. The summed E-state index contributed by atoms with van der Waals surface area (Å²) < 4.78 is 58.1. The van der Waals surface area contributed by atoms with E-state index < -0.39 is 17.6 Å². The van der Waals surface area contributed by atoms with Crippen molar-refractivity contribution in [1.82, 2.24) is 15.0 Å². The quantitative estimate of drug-likeness (QED) is 0.311. The van der Waals surface area contributed by atoms with Gasteiger partial charge >= 0.3 is 6.18 Å². The molecule has 1 fully saturated rings. The van der Waals surface area contributed by atoms with Crippen LogP contribution in [-0.4, -0.2) is 47.5 Å². The summed E-state index contributed by atoms with van der Waals surface area (Å²) in [6.07, 6.45) is -1.91. The highest BCUT2D eigenvalue weighted by molar-refractivity contribution is 5.78. The third-order valence-electron chi connectivity index (χ3n) is 4.97. The predicted molar refractivity (Wildman–Crippen MR) is 120 cm³/mol. The molecule has 34 heavy (non-hydrogen) atoms. The van der Waals surface area contributed by atoms with E-state index in [1.165, 1.54) is 12.3 Å². The lowest BCUT2D eigenvalue weighted by molar-refractivity contribution is -0.137. The number of hydrogen-bond acceptors (Lipinski definition) is 8. The molecule has 8 nitrogen and oxygen atoms in total. The first-order valence-corrected chi connectivity index (χ1v) is 10.4. The van der Waals surface area contributed by atoms with Crippen LogP contribution in [0.4, 0.5) is 40.7 Å². The Kier molecular flexibility index (Phi) is 6.87. The van der Waals surface area contributed by atoms with Crippen molar-refractivity contribution in [2.24, 2.45) is 5.10 Å². The number of rotatable bonds is 6. The molecule has 3 heterocycles. The molecule has 4 rings (SSSR count). The number of hydrogen-bond donors (Lipinski definition) is 2. The Morgan fingerprint density at radius 2 is 1.91 bits per heavy atom. The number of hydrazone groups is 1. The number of nitrogens with zero attached hydrogens (tertiary/aromatic N) is 5. The summed E-state index contributed by atoms with van der Waals surface area (Å²) in [6.45, 7) is 3.77. The molecule has 3 aromatic rings. The maximum Gasteiger partial charge on any atom is 0.416 e. The molecule has 1 aliphatic heterocycles. The van der Waals surface area contributed by atoms with Gasteiger partial charge in [0.15, 0.2) is 11.6 Å². The molecule has 0 aliphatic carbocycles. The summed E-state index contributed by atoms with van der Waals surface area (Å²) in [7, 11) is 0. The van der Waals surface area contributed by atoms with Gasteiger partial charge in [0.05, 0.1) is 48.3 Å². The maximum atomic E-state index is 14.1. The molecule has 2 N–H and O–H groups in total. The molecule has 1 aliphatic rings. The van der Waals surface area contributed by atoms with Gasteiger partial charge in [-0.25, -0.2) is 19.8 Å². The fraction of sp³-hybridized carbons (Fsp3) is 0.273. The van der Waals surface area contributed by atoms with Crippen LogP contribution in [0, 0.1) is 12.7 Å². The minimum Gasteiger partial charge on any atom is -0.378 e. The van der Waals surface area contributed by atoms with E-state index in [1.54, 1.807) is 30.0 Å². The van der Waals surface area contributed by atoms with Crippen LogP contribution in [-0.2, 0) is 10.9 Å². The molecule has 0 atom stereocenters. The van der Waals surface area contributed by atoms with Crippen molar-refractivity contribution in [3.05, 3.63) is 65.4 Å². The number of halogens is 4. The van der Waals surface area contributed by atoms with Crippen LogP contribution in [0.5, 0.6) is 0 Å². The zero-order valence-electron chi connectivity index (χ0n) is 18.1. The van der Waals surface area contributed by atoms with Crippen molar-refractivity contribution in [3.63, 3.8) is 0 Å². The monoisotopic (exact) mass is 475 g/mol. The van der Waals surface area contributed by atoms with Gasteiger partial charge in [-0.2, -0.15) is 23.3 Å². The summed E-state index contributed by atoms with van der Waals surface area (Å²) in [4.78, 5) is 14.2. The Bertz CT molecular complexity index is 1180. The Balaban J connectivity index is 1.41. The first-order valence-electron chi connectivity index (χ1n) is 10.4. The first kappa shape index (κ1) is 23.4. The molecular weight excluding hydrogens is 454 g/mol.